The average Bonchev–Trinajstić information content (AvgIpc) is 2.64. The van der Waals surface area contributed by atoms with Crippen LogP contribution in [-0.2, 0) is 0 Å². The van der Waals surface area contributed by atoms with Crippen LogP contribution in [0.25, 0.3) is 27.7 Å². The predicted octanol–water partition coefficient (Wildman–Crippen LogP) is 4.97. The molecule has 0 aliphatic heterocycles. The van der Waals surface area contributed by atoms with Gasteiger partial charge in [-0.05, 0) is 36.8 Å². The van der Waals surface area contributed by atoms with Crippen LogP contribution in [0.2, 0.25) is 0 Å². The topological polar surface area (TPSA) is 22.0 Å². The summed E-state index contributed by atoms with van der Waals surface area (Å²) >= 11 is 0. The Bertz CT molecular complexity index is 1060. The summed E-state index contributed by atoms with van der Waals surface area (Å²) in [5.74, 6) is 0. The molecule has 4 aromatic rings. The molecule has 0 saturated heterocycles. The van der Waals surface area contributed by atoms with Crippen LogP contribution in [0.1, 0.15) is 5.56 Å². The van der Waals surface area contributed by atoms with E-state index in [1.165, 1.54) is 5.56 Å². The SMILES string of the molecule is Cc1ccc(-n2cc(-c3ccccc3)c(=O)c3ccccc32)cc1. The molecule has 0 saturated carbocycles. The van der Waals surface area contributed by atoms with E-state index in [9.17, 15) is 4.79 Å². The lowest BCUT2D eigenvalue weighted by Crippen LogP contribution is -2.11. The van der Waals surface area contributed by atoms with Gasteiger partial charge in [0.2, 0.25) is 0 Å². The van der Waals surface area contributed by atoms with Gasteiger partial charge >= 0.3 is 0 Å². The van der Waals surface area contributed by atoms with Crippen molar-refractivity contribution >= 4 is 10.9 Å². The van der Waals surface area contributed by atoms with Gasteiger partial charge in [0, 0.05) is 22.8 Å². The minimum atomic E-state index is 0.0696. The molecule has 1 heterocycles. The van der Waals surface area contributed by atoms with Crippen LogP contribution in [-0.4, -0.2) is 4.57 Å². The molecule has 2 heteroatoms. The first kappa shape index (κ1) is 14.5. The smallest absolute Gasteiger partial charge is 0.197 e. The Morgan fingerprint density at radius 2 is 1.42 bits per heavy atom. The molecule has 24 heavy (non-hydrogen) atoms. The Labute approximate surface area is 140 Å². The van der Waals surface area contributed by atoms with Gasteiger partial charge in [0.15, 0.2) is 5.43 Å². The molecule has 0 spiro atoms. The summed E-state index contributed by atoms with van der Waals surface area (Å²) in [6.07, 6.45) is 1.95. The number of rotatable bonds is 2. The number of aromatic nitrogens is 1. The van der Waals surface area contributed by atoms with Crippen LogP contribution in [0.15, 0.2) is 89.9 Å². The number of nitrogens with zero attached hydrogens (tertiary/aromatic N) is 1. The van der Waals surface area contributed by atoms with Crippen LogP contribution in [0.4, 0.5) is 0 Å². The zero-order valence-corrected chi connectivity index (χ0v) is 13.4. The van der Waals surface area contributed by atoms with Crippen LogP contribution in [0, 0.1) is 6.92 Å². The standard InChI is InChI=1S/C22H17NO/c1-16-11-13-18(14-12-16)23-15-20(17-7-3-2-4-8-17)22(24)19-9-5-6-10-21(19)23/h2-15H,1H3. The fourth-order valence-corrected chi connectivity index (χ4v) is 3.02. The van der Waals surface area contributed by atoms with Crippen molar-refractivity contribution in [3.63, 3.8) is 0 Å². The summed E-state index contributed by atoms with van der Waals surface area (Å²) in [5.41, 5.74) is 4.91. The summed E-state index contributed by atoms with van der Waals surface area (Å²) < 4.78 is 2.10. The fourth-order valence-electron chi connectivity index (χ4n) is 3.02. The van der Waals surface area contributed by atoms with Crippen molar-refractivity contribution in [2.45, 2.75) is 6.92 Å². The zero-order chi connectivity index (χ0) is 16.5. The lowest BCUT2D eigenvalue weighted by molar-refractivity contribution is 1.10. The van der Waals surface area contributed by atoms with Gasteiger partial charge in [0.1, 0.15) is 0 Å². The molecule has 0 unspecified atom stereocenters. The lowest BCUT2D eigenvalue weighted by atomic mass is 10.0. The van der Waals surface area contributed by atoms with Crippen molar-refractivity contribution in [2.75, 3.05) is 0 Å². The van der Waals surface area contributed by atoms with E-state index in [4.69, 9.17) is 0 Å². The molecule has 0 radical (unpaired) electrons. The number of pyridine rings is 1. The first-order chi connectivity index (χ1) is 11.7. The molecular weight excluding hydrogens is 294 g/mol. The van der Waals surface area contributed by atoms with Gasteiger partial charge in [-0.3, -0.25) is 4.79 Å². The number of hydrogen-bond acceptors (Lipinski definition) is 1. The Morgan fingerprint density at radius 3 is 2.17 bits per heavy atom. The Balaban J connectivity index is 2.08. The van der Waals surface area contributed by atoms with Crippen LogP contribution >= 0.6 is 0 Å². The Morgan fingerprint density at radius 1 is 0.750 bits per heavy atom. The summed E-state index contributed by atoms with van der Waals surface area (Å²) in [6.45, 7) is 2.07. The first-order valence-corrected chi connectivity index (χ1v) is 8.01. The van der Waals surface area contributed by atoms with Crippen molar-refractivity contribution in [2.24, 2.45) is 0 Å². The monoisotopic (exact) mass is 311 g/mol. The van der Waals surface area contributed by atoms with Crippen molar-refractivity contribution < 1.29 is 0 Å². The van der Waals surface area contributed by atoms with Crippen LogP contribution in [0.5, 0.6) is 0 Å². The minimum Gasteiger partial charge on any atom is -0.316 e. The number of hydrogen-bond donors (Lipinski definition) is 0. The maximum atomic E-state index is 13.0. The number of aryl methyl sites for hydroxylation is 1. The molecule has 0 atom stereocenters. The number of benzene rings is 3. The number of fused-ring (bicyclic) bond motifs is 1. The van der Waals surface area contributed by atoms with E-state index in [0.717, 1.165) is 27.7 Å². The van der Waals surface area contributed by atoms with Gasteiger partial charge in [0.25, 0.3) is 0 Å². The van der Waals surface area contributed by atoms with Crippen molar-refractivity contribution in [1.29, 1.82) is 0 Å². The molecule has 4 rings (SSSR count). The van der Waals surface area contributed by atoms with E-state index in [-0.39, 0.29) is 5.43 Å². The molecule has 0 aliphatic carbocycles. The van der Waals surface area contributed by atoms with Crippen LogP contribution < -0.4 is 5.43 Å². The molecule has 0 amide bonds. The predicted molar refractivity (Wildman–Crippen MR) is 99.7 cm³/mol. The molecule has 0 fully saturated rings. The van der Waals surface area contributed by atoms with E-state index in [2.05, 4.69) is 35.8 Å². The first-order valence-electron chi connectivity index (χ1n) is 8.01. The molecule has 0 bridgehead atoms. The highest BCUT2D eigenvalue weighted by atomic mass is 16.1. The Hall–Kier alpha value is -3.13. The molecule has 0 N–H and O–H groups in total. The largest absolute Gasteiger partial charge is 0.316 e. The average molecular weight is 311 g/mol. The van der Waals surface area contributed by atoms with E-state index < -0.39 is 0 Å². The highest BCUT2D eigenvalue weighted by Crippen LogP contribution is 2.23. The van der Waals surface area contributed by atoms with Crippen LogP contribution in [0.3, 0.4) is 0 Å². The maximum absolute atomic E-state index is 13.0. The van der Waals surface area contributed by atoms with Gasteiger partial charge in [0.05, 0.1) is 5.52 Å². The molecule has 1 aromatic heterocycles. The summed E-state index contributed by atoms with van der Waals surface area (Å²) in [6, 6.07) is 25.9. The highest BCUT2D eigenvalue weighted by Gasteiger charge is 2.11. The third-order valence-corrected chi connectivity index (χ3v) is 4.31. The summed E-state index contributed by atoms with van der Waals surface area (Å²) in [7, 11) is 0. The lowest BCUT2D eigenvalue weighted by Gasteiger charge is -2.14. The number of para-hydroxylation sites is 1. The van der Waals surface area contributed by atoms with Gasteiger partial charge in [-0.25, -0.2) is 0 Å². The molecule has 116 valence electrons. The third kappa shape index (κ3) is 2.42. The second-order valence-corrected chi connectivity index (χ2v) is 5.96. The third-order valence-electron chi connectivity index (χ3n) is 4.31. The second-order valence-electron chi connectivity index (χ2n) is 5.96. The van der Waals surface area contributed by atoms with E-state index in [1.54, 1.807) is 0 Å². The summed E-state index contributed by atoms with van der Waals surface area (Å²) in [4.78, 5) is 13.0. The van der Waals surface area contributed by atoms with Crippen molar-refractivity contribution in [3.8, 4) is 16.8 Å². The van der Waals surface area contributed by atoms with E-state index >= 15 is 0 Å². The normalized spacial score (nSPS) is 10.9. The minimum absolute atomic E-state index is 0.0696. The molecular formula is C22H17NO. The summed E-state index contributed by atoms with van der Waals surface area (Å²) in [5, 5.41) is 0.736. The Kier molecular flexibility index (Phi) is 3.51. The van der Waals surface area contributed by atoms with E-state index in [0.29, 0.717) is 0 Å². The molecule has 3 aromatic carbocycles. The van der Waals surface area contributed by atoms with E-state index in [1.807, 2.05) is 60.8 Å². The second kappa shape index (κ2) is 5.82. The molecule has 0 aliphatic rings. The van der Waals surface area contributed by atoms with Gasteiger partial charge in [-0.1, -0.05) is 60.2 Å². The van der Waals surface area contributed by atoms with Crippen molar-refractivity contribution in [3.05, 3.63) is 101 Å². The van der Waals surface area contributed by atoms with Gasteiger partial charge in [-0.2, -0.15) is 0 Å². The highest BCUT2D eigenvalue weighted by molar-refractivity contribution is 5.85. The van der Waals surface area contributed by atoms with Gasteiger partial charge < -0.3 is 4.57 Å². The molecule has 2 nitrogen and oxygen atoms in total. The quantitative estimate of drug-likeness (QED) is 0.512. The fraction of sp³-hybridized carbons (Fsp3) is 0.0455. The van der Waals surface area contributed by atoms with Gasteiger partial charge in [-0.15, -0.1) is 0 Å². The zero-order valence-electron chi connectivity index (χ0n) is 13.4. The van der Waals surface area contributed by atoms with Crippen molar-refractivity contribution in [1.82, 2.24) is 4.57 Å². The maximum Gasteiger partial charge on any atom is 0.197 e.